The molecule has 8 nitrogen and oxygen atoms in total. The third kappa shape index (κ3) is 4.95. The van der Waals surface area contributed by atoms with Gasteiger partial charge in [-0.05, 0) is 19.1 Å². The molecule has 1 aromatic heterocycles. The fourth-order valence-electron chi connectivity index (χ4n) is 2.83. The summed E-state index contributed by atoms with van der Waals surface area (Å²) in [4.78, 5) is 31.5. The molecule has 0 spiro atoms. The summed E-state index contributed by atoms with van der Waals surface area (Å²) in [7, 11) is 1.57. The number of rotatable bonds is 6. The van der Waals surface area contributed by atoms with Gasteiger partial charge >= 0.3 is 6.09 Å². The zero-order valence-electron chi connectivity index (χ0n) is 15.3. The highest BCUT2D eigenvalue weighted by molar-refractivity contribution is 7.15. The number of carbonyl (C=O) groups excluding carboxylic acids is 2. The minimum absolute atomic E-state index is 0.0997. The molecule has 0 saturated carbocycles. The smallest absolute Gasteiger partial charge is 0.413 e. The van der Waals surface area contributed by atoms with Crippen molar-refractivity contribution in [2.24, 2.45) is 0 Å². The fraction of sp³-hybridized carbons (Fsp3) is 0.389. The van der Waals surface area contributed by atoms with Crippen LogP contribution in [0, 0.1) is 0 Å². The summed E-state index contributed by atoms with van der Waals surface area (Å²) in [6.07, 6.45) is 0.231. The SMILES string of the molecule is CCOC(=O)Nc1nc2c(s1)CN(CC(=O)Nc1ccccc1OC)CC2. The number of ether oxygens (including phenoxy) is 2. The first-order valence-electron chi connectivity index (χ1n) is 8.66. The number of aromatic nitrogens is 1. The molecule has 0 saturated heterocycles. The van der Waals surface area contributed by atoms with Gasteiger partial charge in [0.25, 0.3) is 0 Å². The molecule has 0 aliphatic carbocycles. The van der Waals surface area contributed by atoms with Crippen molar-refractivity contribution in [3.63, 3.8) is 0 Å². The van der Waals surface area contributed by atoms with E-state index in [1.54, 1.807) is 20.1 Å². The van der Waals surface area contributed by atoms with Crippen LogP contribution in [0.15, 0.2) is 24.3 Å². The lowest BCUT2D eigenvalue weighted by Crippen LogP contribution is -2.36. The molecule has 0 bridgehead atoms. The molecule has 1 aromatic carbocycles. The van der Waals surface area contributed by atoms with Gasteiger partial charge in [0.2, 0.25) is 5.91 Å². The molecule has 3 rings (SSSR count). The van der Waals surface area contributed by atoms with Gasteiger partial charge in [-0.2, -0.15) is 0 Å². The number of hydrogen-bond acceptors (Lipinski definition) is 7. The van der Waals surface area contributed by atoms with Crippen molar-refractivity contribution in [1.29, 1.82) is 0 Å². The highest BCUT2D eigenvalue weighted by Crippen LogP contribution is 2.28. The highest BCUT2D eigenvalue weighted by atomic mass is 32.1. The van der Waals surface area contributed by atoms with E-state index < -0.39 is 6.09 Å². The summed E-state index contributed by atoms with van der Waals surface area (Å²) in [5.41, 5.74) is 1.62. The van der Waals surface area contributed by atoms with Gasteiger partial charge in [0, 0.05) is 24.4 Å². The summed E-state index contributed by atoms with van der Waals surface area (Å²) in [5.74, 6) is 0.529. The summed E-state index contributed by atoms with van der Waals surface area (Å²) < 4.78 is 10.1. The molecule has 0 atom stereocenters. The van der Waals surface area contributed by atoms with Gasteiger partial charge in [0.05, 0.1) is 31.6 Å². The molecule has 2 aromatic rings. The third-order valence-corrected chi connectivity index (χ3v) is 5.04. The summed E-state index contributed by atoms with van der Waals surface area (Å²) in [6, 6.07) is 7.31. The third-order valence-electron chi connectivity index (χ3n) is 4.04. The van der Waals surface area contributed by atoms with E-state index in [-0.39, 0.29) is 12.5 Å². The Hall–Kier alpha value is -2.65. The number of amides is 2. The molecule has 2 heterocycles. The minimum atomic E-state index is -0.503. The molecule has 2 N–H and O–H groups in total. The van der Waals surface area contributed by atoms with Gasteiger partial charge in [-0.3, -0.25) is 15.0 Å². The lowest BCUT2D eigenvalue weighted by Gasteiger charge is -2.25. The number of nitrogens with one attached hydrogen (secondary N) is 2. The van der Waals surface area contributed by atoms with Gasteiger partial charge in [0.15, 0.2) is 5.13 Å². The summed E-state index contributed by atoms with van der Waals surface area (Å²) in [5, 5.41) is 6.05. The fourth-order valence-corrected chi connectivity index (χ4v) is 3.87. The van der Waals surface area contributed by atoms with Crippen molar-refractivity contribution >= 4 is 34.2 Å². The summed E-state index contributed by atoms with van der Waals surface area (Å²) >= 11 is 1.41. The van der Waals surface area contributed by atoms with E-state index in [0.29, 0.717) is 29.7 Å². The standard InChI is InChI=1S/C18H22N4O4S/c1-3-26-18(24)21-17-20-13-8-9-22(10-15(13)27-17)11-16(23)19-12-6-4-5-7-14(12)25-2/h4-7H,3,8-11H2,1-2H3,(H,19,23)(H,20,21,24). The quantitative estimate of drug-likeness (QED) is 0.788. The van der Waals surface area contributed by atoms with E-state index in [0.717, 1.165) is 23.5 Å². The monoisotopic (exact) mass is 390 g/mol. The van der Waals surface area contributed by atoms with Gasteiger partial charge in [-0.1, -0.05) is 23.5 Å². The van der Waals surface area contributed by atoms with Crippen LogP contribution in [0.2, 0.25) is 0 Å². The van der Waals surface area contributed by atoms with E-state index in [9.17, 15) is 9.59 Å². The Labute approximate surface area is 161 Å². The molecular weight excluding hydrogens is 368 g/mol. The number of fused-ring (bicyclic) bond motifs is 1. The lowest BCUT2D eigenvalue weighted by molar-refractivity contribution is -0.117. The van der Waals surface area contributed by atoms with Crippen LogP contribution >= 0.6 is 11.3 Å². The Morgan fingerprint density at radius 3 is 2.89 bits per heavy atom. The second-order valence-corrected chi connectivity index (χ2v) is 7.03. The predicted octanol–water partition coefficient (Wildman–Crippen LogP) is 2.72. The number of carbonyl (C=O) groups is 2. The first-order valence-corrected chi connectivity index (χ1v) is 9.48. The van der Waals surface area contributed by atoms with Crippen molar-refractivity contribution in [2.75, 3.05) is 37.4 Å². The van der Waals surface area contributed by atoms with Crippen molar-refractivity contribution in [1.82, 2.24) is 9.88 Å². The predicted molar refractivity (Wildman–Crippen MR) is 103 cm³/mol. The van der Waals surface area contributed by atoms with Crippen LogP contribution in [0.4, 0.5) is 15.6 Å². The van der Waals surface area contributed by atoms with Gasteiger partial charge in [0.1, 0.15) is 5.75 Å². The maximum atomic E-state index is 12.4. The molecule has 0 unspecified atom stereocenters. The maximum Gasteiger partial charge on any atom is 0.413 e. The van der Waals surface area contributed by atoms with E-state index >= 15 is 0 Å². The topological polar surface area (TPSA) is 92.8 Å². The number of hydrogen-bond donors (Lipinski definition) is 2. The number of methoxy groups -OCH3 is 1. The average Bonchev–Trinajstić information content (AvgIpc) is 3.03. The van der Waals surface area contributed by atoms with E-state index in [2.05, 4.69) is 20.5 Å². The Balaban J connectivity index is 1.57. The number of anilines is 2. The molecule has 1 aliphatic rings. The maximum absolute atomic E-state index is 12.4. The van der Waals surface area contributed by atoms with Crippen LogP contribution in [0.25, 0.3) is 0 Å². The molecule has 2 amide bonds. The van der Waals surface area contributed by atoms with Gasteiger partial charge < -0.3 is 14.8 Å². The normalized spacial score (nSPS) is 13.6. The largest absolute Gasteiger partial charge is 0.495 e. The van der Waals surface area contributed by atoms with E-state index in [1.807, 2.05) is 18.2 Å². The Bertz CT molecular complexity index is 823. The molecule has 0 radical (unpaired) electrons. The van der Waals surface area contributed by atoms with Gasteiger partial charge in [-0.25, -0.2) is 9.78 Å². The molecule has 1 aliphatic heterocycles. The number of thiazole rings is 1. The van der Waals surface area contributed by atoms with Crippen molar-refractivity contribution in [3.05, 3.63) is 34.8 Å². The zero-order chi connectivity index (χ0) is 19.2. The highest BCUT2D eigenvalue weighted by Gasteiger charge is 2.23. The summed E-state index contributed by atoms with van der Waals surface area (Å²) in [6.45, 7) is 3.69. The van der Waals surface area contributed by atoms with Crippen molar-refractivity contribution in [3.8, 4) is 5.75 Å². The number of para-hydroxylation sites is 2. The Kier molecular flexibility index (Phi) is 6.25. The number of nitrogens with zero attached hydrogens (tertiary/aromatic N) is 2. The second kappa shape index (κ2) is 8.83. The molecule has 0 fully saturated rings. The zero-order valence-corrected chi connectivity index (χ0v) is 16.1. The van der Waals surface area contributed by atoms with Crippen LogP contribution in [0.1, 0.15) is 17.5 Å². The number of benzene rings is 1. The van der Waals surface area contributed by atoms with Crippen LogP contribution in [-0.4, -0.2) is 48.7 Å². The molecule has 144 valence electrons. The second-order valence-electron chi connectivity index (χ2n) is 5.94. The first-order chi connectivity index (χ1) is 13.1. The van der Waals surface area contributed by atoms with E-state index in [4.69, 9.17) is 9.47 Å². The van der Waals surface area contributed by atoms with Crippen LogP contribution in [0.3, 0.4) is 0 Å². The lowest BCUT2D eigenvalue weighted by atomic mass is 10.2. The minimum Gasteiger partial charge on any atom is -0.495 e. The van der Waals surface area contributed by atoms with Crippen molar-refractivity contribution in [2.45, 2.75) is 19.9 Å². The molecule has 27 heavy (non-hydrogen) atoms. The first kappa shape index (κ1) is 19.1. The Morgan fingerprint density at radius 1 is 1.30 bits per heavy atom. The van der Waals surface area contributed by atoms with Crippen molar-refractivity contribution < 1.29 is 19.1 Å². The van der Waals surface area contributed by atoms with E-state index in [1.165, 1.54) is 11.3 Å². The Morgan fingerprint density at radius 2 is 2.11 bits per heavy atom. The van der Waals surface area contributed by atoms with Gasteiger partial charge in [-0.15, -0.1) is 0 Å². The average molecular weight is 390 g/mol. The molecule has 9 heteroatoms. The van der Waals surface area contributed by atoms with Crippen LogP contribution in [-0.2, 0) is 22.5 Å². The van der Waals surface area contributed by atoms with Crippen LogP contribution in [0.5, 0.6) is 5.75 Å². The molecular formula is C18H22N4O4S. The van der Waals surface area contributed by atoms with Crippen LogP contribution < -0.4 is 15.4 Å².